The highest BCUT2D eigenvalue weighted by Gasteiger charge is 2.51. The van der Waals surface area contributed by atoms with Crippen molar-refractivity contribution in [1.29, 1.82) is 0 Å². The van der Waals surface area contributed by atoms with Crippen molar-refractivity contribution in [1.82, 2.24) is 5.32 Å². The first-order chi connectivity index (χ1) is 17.4. The second-order valence-corrected chi connectivity index (χ2v) is 10.8. The summed E-state index contributed by atoms with van der Waals surface area (Å²) in [6, 6.07) is 4.87. The molecule has 0 saturated carbocycles. The standard InChI is InChI=1S/C23H24F5N3O6S/c1-12(29-13(2)32)20-11-31(38(34,35)15-6-7-16(24)17(25)10-15)18-9-14(5-8-19(18)36-20)30-21(33)37-22(3,4)23(26,27)28/h5-10,12,20H,11H2,1-4H3,(H,29,32)(H,30,33)/t12-,20+/m0/s1. The van der Waals surface area contributed by atoms with E-state index in [2.05, 4.69) is 15.4 Å². The molecule has 1 aliphatic heterocycles. The van der Waals surface area contributed by atoms with Crippen LogP contribution in [-0.2, 0) is 19.6 Å². The van der Waals surface area contributed by atoms with Crippen LogP contribution in [0.25, 0.3) is 0 Å². The molecule has 0 unspecified atom stereocenters. The van der Waals surface area contributed by atoms with Crippen molar-refractivity contribution < 1.29 is 49.4 Å². The maximum absolute atomic E-state index is 13.9. The maximum Gasteiger partial charge on any atom is 0.427 e. The third kappa shape index (κ3) is 6.09. The molecule has 0 radical (unpaired) electrons. The van der Waals surface area contributed by atoms with Gasteiger partial charge in [-0.05, 0) is 57.2 Å². The molecule has 0 aliphatic carbocycles. The smallest absolute Gasteiger partial charge is 0.427 e. The molecule has 38 heavy (non-hydrogen) atoms. The molecule has 2 amide bonds. The van der Waals surface area contributed by atoms with Crippen LogP contribution in [0.1, 0.15) is 27.7 Å². The number of hydrogen-bond acceptors (Lipinski definition) is 6. The number of halogens is 5. The Labute approximate surface area is 214 Å². The van der Waals surface area contributed by atoms with E-state index < -0.39 is 69.0 Å². The van der Waals surface area contributed by atoms with Gasteiger partial charge >= 0.3 is 12.3 Å². The number of amides is 2. The van der Waals surface area contributed by atoms with E-state index in [1.54, 1.807) is 6.92 Å². The summed E-state index contributed by atoms with van der Waals surface area (Å²) in [5.41, 5.74) is -3.12. The average Bonchev–Trinajstić information content (AvgIpc) is 2.78. The minimum atomic E-state index is -4.86. The minimum Gasteiger partial charge on any atom is -0.484 e. The van der Waals surface area contributed by atoms with Gasteiger partial charge in [0.15, 0.2) is 11.6 Å². The highest BCUT2D eigenvalue weighted by Crippen LogP contribution is 2.40. The Morgan fingerprint density at radius 1 is 1.11 bits per heavy atom. The molecule has 208 valence electrons. The van der Waals surface area contributed by atoms with Gasteiger partial charge in [0.2, 0.25) is 11.5 Å². The molecule has 2 atom stereocenters. The Morgan fingerprint density at radius 2 is 1.76 bits per heavy atom. The number of hydrogen-bond donors (Lipinski definition) is 2. The van der Waals surface area contributed by atoms with Gasteiger partial charge in [0.25, 0.3) is 10.0 Å². The Hall–Kier alpha value is -3.62. The third-order valence-corrected chi connectivity index (χ3v) is 7.37. The highest BCUT2D eigenvalue weighted by atomic mass is 32.2. The molecule has 1 aliphatic rings. The van der Waals surface area contributed by atoms with Crippen LogP contribution < -0.4 is 19.7 Å². The van der Waals surface area contributed by atoms with Gasteiger partial charge in [0.1, 0.15) is 11.9 Å². The van der Waals surface area contributed by atoms with Crippen LogP contribution in [-0.4, -0.2) is 50.9 Å². The molecule has 0 bridgehead atoms. The average molecular weight is 566 g/mol. The largest absolute Gasteiger partial charge is 0.484 e. The van der Waals surface area contributed by atoms with Crippen LogP contribution in [0.3, 0.4) is 0 Å². The lowest BCUT2D eigenvalue weighted by Crippen LogP contribution is -2.52. The van der Waals surface area contributed by atoms with Crippen LogP contribution in [0.5, 0.6) is 5.75 Å². The Bertz CT molecular complexity index is 1350. The van der Waals surface area contributed by atoms with E-state index in [0.717, 1.165) is 16.4 Å². The van der Waals surface area contributed by atoms with E-state index in [1.807, 2.05) is 0 Å². The predicted molar refractivity (Wildman–Crippen MR) is 125 cm³/mol. The van der Waals surface area contributed by atoms with Crippen molar-refractivity contribution >= 4 is 33.4 Å². The fraction of sp³-hybridized carbons (Fsp3) is 0.391. The second-order valence-electron chi connectivity index (χ2n) is 8.96. The Balaban J connectivity index is 2.01. The molecular weight excluding hydrogens is 541 g/mol. The molecule has 9 nitrogen and oxygen atoms in total. The topological polar surface area (TPSA) is 114 Å². The number of anilines is 2. The van der Waals surface area contributed by atoms with E-state index in [0.29, 0.717) is 26.0 Å². The number of nitrogens with one attached hydrogen (secondary N) is 2. The van der Waals surface area contributed by atoms with E-state index in [9.17, 15) is 40.0 Å². The van der Waals surface area contributed by atoms with E-state index in [1.165, 1.54) is 19.1 Å². The molecule has 0 saturated heterocycles. The molecule has 0 fully saturated rings. The lowest BCUT2D eigenvalue weighted by Gasteiger charge is -2.38. The Kier molecular flexibility index (Phi) is 7.82. The first-order valence-corrected chi connectivity index (χ1v) is 12.5. The van der Waals surface area contributed by atoms with Crippen molar-refractivity contribution in [3.8, 4) is 5.75 Å². The molecule has 2 aromatic carbocycles. The van der Waals surface area contributed by atoms with Crippen LogP contribution in [0.4, 0.5) is 38.1 Å². The summed E-state index contributed by atoms with van der Waals surface area (Å²) in [6.45, 7) is 3.72. The highest BCUT2D eigenvalue weighted by molar-refractivity contribution is 7.92. The SMILES string of the molecule is CC(=O)N[C@@H](C)[C@H]1CN(S(=O)(=O)c2ccc(F)c(F)c2)c2cc(NC(=O)OC(C)(C)C(F)(F)F)ccc2O1. The molecule has 2 N–H and O–H groups in total. The third-order valence-electron chi connectivity index (χ3n) is 5.60. The molecule has 2 aromatic rings. The fourth-order valence-electron chi connectivity index (χ4n) is 3.45. The van der Waals surface area contributed by atoms with Crippen molar-refractivity contribution in [2.24, 2.45) is 0 Å². The monoisotopic (exact) mass is 565 g/mol. The summed E-state index contributed by atoms with van der Waals surface area (Å²) in [6.07, 6.45) is -7.25. The van der Waals surface area contributed by atoms with Crippen molar-refractivity contribution in [3.05, 3.63) is 48.0 Å². The minimum absolute atomic E-state index is 0.0286. The van der Waals surface area contributed by atoms with Gasteiger partial charge in [-0.1, -0.05) is 0 Å². The van der Waals surface area contributed by atoms with Gasteiger partial charge in [-0.2, -0.15) is 13.2 Å². The van der Waals surface area contributed by atoms with Gasteiger partial charge in [-0.25, -0.2) is 22.0 Å². The normalized spacial score (nSPS) is 16.7. The summed E-state index contributed by atoms with van der Waals surface area (Å²) in [5.74, 6) is -3.12. The van der Waals surface area contributed by atoms with Gasteiger partial charge in [0.05, 0.1) is 23.2 Å². The van der Waals surface area contributed by atoms with Gasteiger partial charge in [0, 0.05) is 12.6 Å². The lowest BCUT2D eigenvalue weighted by molar-refractivity contribution is -0.242. The van der Waals surface area contributed by atoms with Crippen LogP contribution >= 0.6 is 0 Å². The van der Waals surface area contributed by atoms with Crippen LogP contribution in [0.2, 0.25) is 0 Å². The number of nitrogens with zero attached hydrogens (tertiary/aromatic N) is 1. The van der Waals surface area contributed by atoms with E-state index >= 15 is 0 Å². The number of sulfonamides is 1. The molecule has 0 spiro atoms. The quantitative estimate of drug-likeness (QED) is 0.504. The van der Waals surface area contributed by atoms with Crippen molar-refractivity contribution in [2.45, 2.75) is 56.5 Å². The molecule has 3 rings (SSSR count). The summed E-state index contributed by atoms with van der Waals surface area (Å²) in [4.78, 5) is 23.1. The van der Waals surface area contributed by atoms with Crippen LogP contribution in [0.15, 0.2) is 41.3 Å². The van der Waals surface area contributed by atoms with E-state index in [-0.39, 0.29) is 17.1 Å². The number of carbonyl (C=O) groups is 2. The summed E-state index contributed by atoms with van der Waals surface area (Å²) in [5, 5.41) is 4.69. The van der Waals surface area contributed by atoms with Crippen LogP contribution in [0, 0.1) is 11.6 Å². The van der Waals surface area contributed by atoms with Gasteiger partial charge in [-0.3, -0.25) is 14.4 Å². The fourth-order valence-corrected chi connectivity index (χ4v) is 4.94. The molecular formula is C23H24F5N3O6S. The number of ether oxygens (including phenoxy) is 2. The number of benzene rings is 2. The van der Waals surface area contributed by atoms with Crippen molar-refractivity contribution in [2.75, 3.05) is 16.2 Å². The summed E-state index contributed by atoms with van der Waals surface area (Å²) < 4.78 is 105. The van der Waals surface area contributed by atoms with Gasteiger partial charge in [-0.15, -0.1) is 0 Å². The molecule has 0 aromatic heterocycles. The summed E-state index contributed by atoms with van der Waals surface area (Å²) in [7, 11) is -4.56. The zero-order valence-corrected chi connectivity index (χ0v) is 21.3. The Morgan fingerprint density at radius 3 is 2.34 bits per heavy atom. The molecule has 15 heteroatoms. The molecule has 1 heterocycles. The lowest BCUT2D eigenvalue weighted by atomic mass is 10.1. The zero-order valence-electron chi connectivity index (χ0n) is 20.5. The van der Waals surface area contributed by atoms with E-state index in [4.69, 9.17) is 4.74 Å². The second kappa shape index (κ2) is 10.3. The number of fused-ring (bicyclic) bond motifs is 1. The number of rotatable bonds is 6. The maximum atomic E-state index is 13.9. The van der Waals surface area contributed by atoms with Gasteiger partial charge < -0.3 is 14.8 Å². The summed E-state index contributed by atoms with van der Waals surface area (Å²) >= 11 is 0. The number of alkyl halides is 3. The number of carbonyl (C=O) groups excluding carboxylic acids is 2. The zero-order chi connectivity index (χ0) is 28.6. The first-order valence-electron chi connectivity index (χ1n) is 11.0. The van der Waals surface area contributed by atoms with Crippen molar-refractivity contribution in [3.63, 3.8) is 0 Å². The predicted octanol–water partition coefficient (Wildman–Crippen LogP) is 4.34. The first kappa shape index (κ1) is 28.9.